The molecule has 1 amide bonds. The third-order valence-electron chi connectivity index (χ3n) is 3.85. The molecule has 1 aliphatic heterocycles. The van der Waals surface area contributed by atoms with Crippen molar-refractivity contribution in [1.29, 1.82) is 0 Å². The fourth-order valence-corrected chi connectivity index (χ4v) is 2.34. The maximum absolute atomic E-state index is 11.8. The number of carbonyl (C=O) groups is 1. The van der Waals surface area contributed by atoms with Crippen molar-refractivity contribution in [3.8, 4) is 0 Å². The minimum atomic E-state index is 0.139. The topological polar surface area (TPSA) is 36.4 Å². The van der Waals surface area contributed by atoms with E-state index >= 15 is 0 Å². The first-order valence-corrected chi connectivity index (χ1v) is 7.18. The molecule has 0 spiro atoms. The highest BCUT2D eigenvalue weighted by atomic mass is 16.2. The van der Waals surface area contributed by atoms with Gasteiger partial charge in [0.15, 0.2) is 0 Å². The van der Waals surface area contributed by atoms with Crippen LogP contribution in [0.15, 0.2) is 12.3 Å². The van der Waals surface area contributed by atoms with E-state index < -0.39 is 0 Å². The molecule has 2 rings (SSSR count). The lowest BCUT2D eigenvalue weighted by molar-refractivity contribution is -0.130. The highest BCUT2D eigenvalue weighted by Crippen LogP contribution is 2.25. The van der Waals surface area contributed by atoms with Crippen molar-refractivity contribution >= 4 is 5.91 Å². The van der Waals surface area contributed by atoms with E-state index in [9.17, 15) is 4.79 Å². The number of hydrogen-bond donors (Lipinski definition) is 0. The molecule has 4 nitrogen and oxygen atoms in total. The number of fused-ring (bicyclic) bond motifs is 1. The Kier molecular flexibility index (Phi) is 4.14. The van der Waals surface area contributed by atoms with Crippen LogP contribution in [0.2, 0.25) is 0 Å². The van der Waals surface area contributed by atoms with Gasteiger partial charge in [-0.2, -0.15) is 0 Å². The zero-order chi connectivity index (χ0) is 14.9. The number of likely N-dealkylation sites (N-methyl/N-ethyl adjacent to an activating group) is 1. The van der Waals surface area contributed by atoms with Gasteiger partial charge in [0.25, 0.3) is 0 Å². The largest absolute Gasteiger partial charge is 0.348 e. The van der Waals surface area contributed by atoms with Crippen LogP contribution in [-0.2, 0) is 23.2 Å². The minimum absolute atomic E-state index is 0.139. The maximum atomic E-state index is 11.8. The second-order valence-corrected chi connectivity index (χ2v) is 6.83. The molecular formula is C16H25N3O. The van der Waals surface area contributed by atoms with Gasteiger partial charge in [-0.05, 0) is 23.0 Å². The first kappa shape index (κ1) is 15.0. The van der Waals surface area contributed by atoms with Crippen molar-refractivity contribution in [3.63, 3.8) is 0 Å². The first-order chi connectivity index (χ1) is 9.27. The highest BCUT2D eigenvalue weighted by Gasteiger charge is 2.22. The second kappa shape index (κ2) is 5.52. The van der Waals surface area contributed by atoms with E-state index in [1.165, 1.54) is 11.1 Å². The van der Waals surface area contributed by atoms with Gasteiger partial charge in [0.2, 0.25) is 5.91 Å². The van der Waals surface area contributed by atoms with Crippen molar-refractivity contribution in [1.82, 2.24) is 14.8 Å². The lowest BCUT2D eigenvalue weighted by Crippen LogP contribution is -2.39. The van der Waals surface area contributed by atoms with Gasteiger partial charge in [0.05, 0.1) is 12.2 Å². The number of amides is 1. The predicted molar refractivity (Wildman–Crippen MR) is 80.6 cm³/mol. The second-order valence-electron chi connectivity index (χ2n) is 6.83. The molecule has 4 heteroatoms. The van der Waals surface area contributed by atoms with E-state index in [4.69, 9.17) is 0 Å². The first-order valence-electron chi connectivity index (χ1n) is 7.18. The number of pyridine rings is 1. The maximum Gasteiger partial charge on any atom is 0.236 e. The van der Waals surface area contributed by atoms with Gasteiger partial charge in [-0.25, -0.2) is 0 Å². The Balaban J connectivity index is 2.10. The summed E-state index contributed by atoms with van der Waals surface area (Å²) in [5.41, 5.74) is 3.89. The van der Waals surface area contributed by atoms with Gasteiger partial charge >= 0.3 is 0 Å². The zero-order valence-corrected chi connectivity index (χ0v) is 13.2. The molecule has 0 saturated heterocycles. The standard InChI is InChI=1S/C16H25N3O/c1-16(2,3)13-8-12-6-7-19(10-14(12)17-9-13)11-15(20)18(4)5/h8-9H,6-7,10-11H2,1-5H3. The lowest BCUT2D eigenvalue weighted by Gasteiger charge is -2.29. The van der Waals surface area contributed by atoms with Crippen LogP contribution >= 0.6 is 0 Å². The van der Waals surface area contributed by atoms with E-state index in [-0.39, 0.29) is 11.3 Å². The molecule has 0 fully saturated rings. The summed E-state index contributed by atoms with van der Waals surface area (Å²) in [5, 5.41) is 0. The third-order valence-corrected chi connectivity index (χ3v) is 3.85. The summed E-state index contributed by atoms with van der Waals surface area (Å²) < 4.78 is 0. The van der Waals surface area contributed by atoms with Crippen LogP contribution in [0.4, 0.5) is 0 Å². The molecule has 0 radical (unpaired) electrons. The normalized spacial score (nSPS) is 15.8. The summed E-state index contributed by atoms with van der Waals surface area (Å²) >= 11 is 0. The molecule has 0 aromatic carbocycles. The van der Waals surface area contributed by atoms with Gasteiger partial charge in [-0.3, -0.25) is 14.7 Å². The van der Waals surface area contributed by atoms with E-state index in [0.29, 0.717) is 6.54 Å². The van der Waals surface area contributed by atoms with E-state index in [1.807, 2.05) is 6.20 Å². The molecule has 0 atom stereocenters. The third kappa shape index (κ3) is 3.37. The number of nitrogens with zero attached hydrogens (tertiary/aromatic N) is 3. The zero-order valence-electron chi connectivity index (χ0n) is 13.2. The number of rotatable bonds is 2. The molecule has 0 bridgehead atoms. The Morgan fingerprint density at radius 3 is 2.70 bits per heavy atom. The van der Waals surface area contributed by atoms with E-state index in [0.717, 1.165) is 25.2 Å². The van der Waals surface area contributed by atoms with Crippen molar-refractivity contribution in [2.24, 2.45) is 0 Å². The highest BCUT2D eigenvalue weighted by molar-refractivity contribution is 5.77. The van der Waals surface area contributed by atoms with Crippen LogP contribution in [0, 0.1) is 0 Å². The minimum Gasteiger partial charge on any atom is -0.348 e. The number of carbonyl (C=O) groups excluding carboxylic acids is 1. The molecule has 2 heterocycles. The molecule has 110 valence electrons. The van der Waals surface area contributed by atoms with Gasteiger partial charge in [0.1, 0.15) is 0 Å². The van der Waals surface area contributed by atoms with Crippen LogP contribution < -0.4 is 0 Å². The Bertz CT molecular complexity index is 503. The van der Waals surface area contributed by atoms with Crippen LogP contribution in [-0.4, -0.2) is 47.9 Å². The van der Waals surface area contributed by atoms with Crippen LogP contribution in [0.1, 0.15) is 37.6 Å². The predicted octanol–water partition coefficient (Wildman–Crippen LogP) is 1.83. The average molecular weight is 275 g/mol. The van der Waals surface area contributed by atoms with Gasteiger partial charge in [-0.15, -0.1) is 0 Å². The summed E-state index contributed by atoms with van der Waals surface area (Å²) in [4.78, 5) is 20.2. The SMILES string of the molecule is CN(C)C(=O)CN1CCc2cc(C(C)(C)C)cnc2C1. The van der Waals surface area contributed by atoms with Gasteiger partial charge < -0.3 is 4.90 Å². The Morgan fingerprint density at radius 1 is 1.40 bits per heavy atom. The molecular weight excluding hydrogens is 250 g/mol. The number of aromatic nitrogens is 1. The molecule has 0 aliphatic carbocycles. The molecule has 0 saturated carbocycles. The summed E-state index contributed by atoms with van der Waals surface area (Å²) in [7, 11) is 3.60. The van der Waals surface area contributed by atoms with Crippen LogP contribution in [0.25, 0.3) is 0 Å². The van der Waals surface area contributed by atoms with Crippen molar-refractivity contribution in [2.75, 3.05) is 27.2 Å². The van der Waals surface area contributed by atoms with Gasteiger partial charge in [-0.1, -0.05) is 26.8 Å². The molecule has 0 unspecified atom stereocenters. The fraction of sp³-hybridized carbons (Fsp3) is 0.625. The Hall–Kier alpha value is -1.42. The average Bonchev–Trinajstić information content (AvgIpc) is 2.36. The van der Waals surface area contributed by atoms with Crippen molar-refractivity contribution in [3.05, 3.63) is 29.1 Å². The molecule has 1 aliphatic rings. The fourth-order valence-electron chi connectivity index (χ4n) is 2.34. The van der Waals surface area contributed by atoms with E-state index in [2.05, 4.69) is 36.7 Å². The molecule has 1 aromatic rings. The molecule has 1 aromatic heterocycles. The van der Waals surface area contributed by atoms with Crippen molar-refractivity contribution < 1.29 is 4.79 Å². The summed E-state index contributed by atoms with van der Waals surface area (Å²) in [6, 6.07) is 2.29. The van der Waals surface area contributed by atoms with Crippen LogP contribution in [0.5, 0.6) is 0 Å². The van der Waals surface area contributed by atoms with Crippen molar-refractivity contribution in [2.45, 2.75) is 39.2 Å². The van der Waals surface area contributed by atoms with Crippen LogP contribution in [0.3, 0.4) is 0 Å². The van der Waals surface area contributed by atoms with Gasteiger partial charge in [0, 0.05) is 33.4 Å². The smallest absolute Gasteiger partial charge is 0.236 e. The quantitative estimate of drug-likeness (QED) is 0.826. The lowest BCUT2D eigenvalue weighted by atomic mass is 9.86. The Morgan fingerprint density at radius 2 is 2.10 bits per heavy atom. The van der Waals surface area contributed by atoms with E-state index in [1.54, 1.807) is 19.0 Å². The molecule has 20 heavy (non-hydrogen) atoms. The Labute approximate surface area is 121 Å². The summed E-state index contributed by atoms with van der Waals surface area (Å²) in [6.07, 6.45) is 2.96. The molecule has 0 N–H and O–H groups in total. The summed E-state index contributed by atoms with van der Waals surface area (Å²) in [5.74, 6) is 0.153. The summed E-state index contributed by atoms with van der Waals surface area (Å²) in [6.45, 7) is 8.82. The number of hydrogen-bond acceptors (Lipinski definition) is 3. The monoisotopic (exact) mass is 275 g/mol.